The van der Waals surface area contributed by atoms with Gasteiger partial charge in [0.05, 0.1) is 11.7 Å². The van der Waals surface area contributed by atoms with Gasteiger partial charge in [0, 0.05) is 17.5 Å². The van der Waals surface area contributed by atoms with Crippen molar-refractivity contribution in [2.45, 2.75) is 30.7 Å². The zero-order valence-electron chi connectivity index (χ0n) is 18.4. The molecule has 35 heavy (non-hydrogen) atoms. The Morgan fingerprint density at radius 1 is 1.00 bits per heavy atom. The maximum atomic E-state index is 13.0. The number of nitrogens with one attached hydrogen (secondary N) is 1. The lowest BCUT2D eigenvalue weighted by molar-refractivity contribution is -0.137. The predicted molar refractivity (Wildman–Crippen MR) is 125 cm³/mol. The molecular weight excluding hydrogens is 483 g/mol. The van der Waals surface area contributed by atoms with Crippen molar-refractivity contribution in [1.29, 1.82) is 0 Å². The Morgan fingerprint density at radius 3 is 2.20 bits per heavy atom. The molecule has 1 amide bonds. The number of halogens is 4. The predicted octanol–water partition coefficient (Wildman–Crippen LogP) is 5.68. The van der Waals surface area contributed by atoms with Crippen LogP contribution in [0.15, 0.2) is 66.7 Å². The molecule has 1 aliphatic rings. The minimum Gasteiger partial charge on any atom is -0.449 e. The second-order valence-electron chi connectivity index (χ2n) is 8.32. The van der Waals surface area contributed by atoms with Gasteiger partial charge in [-0.3, -0.25) is 0 Å². The van der Waals surface area contributed by atoms with Crippen LogP contribution < -0.4 is 5.32 Å². The van der Waals surface area contributed by atoms with E-state index in [1.165, 1.54) is 0 Å². The van der Waals surface area contributed by atoms with Gasteiger partial charge in [0.2, 0.25) is 0 Å². The van der Waals surface area contributed by atoms with E-state index >= 15 is 0 Å². The van der Waals surface area contributed by atoms with E-state index in [0.717, 1.165) is 40.5 Å². The first kappa shape index (κ1) is 25.0. The summed E-state index contributed by atoms with van der Waals surface area (Å²) in [6.45, 7) is 0.0648. The number of alkyl carbamates (subject to hydrolysis) is 1. The van der Waals surface area contributed by atoms with E-state index in [2.05, 4.69) is 5.32 Å². The smallest absolute Gasteiger partial charge is 0.416 e. The average molecular weight is 506 g/mol. The third-order valence-corrected chi connectivity index (χ3v) is 6.22. The van der Waals surface area contributed by atoms with Crippen LogP contribution in [0, 0.1) is 0 Å². The molecule has 0 aliphatic heterocycles. The molecule has 9 heteroatoms. The lowest BCUT2D eigenvalue weighted by atomic mass is 9.98. The minimum atomic E-state index is -4.64. The van der Waals surface area contributed by atoms with Gasteiger partial charge in [-0.2, -0.15) is 13.2 Å². The van der Waals surface area contributed by atoms with Crippen LogP contribution in [0.25, 0.3) is 11.1 Å². The summed E-state index contributed by atoms with van der Waals surface area (Å²) < 4.78 is 44.4. The van der Waals surface area contributed by atoms with Gasteiger partial charge >= 0.3 is 12.3 Å². The number of hydrogen-bond acceptors (Lipinski definition) is 4. The Bertz CT molecular complexity index is 1170. The van der Waals surface area contributed by atoms with E-state index in [1.807, 2.05) is 48.5 Å². The Balaban J connectivity index is 1.30. The number of ether oxygens (including phenoxy) is 1. The van der Waals surface area contributed by atoms with Crippen LogP contribution in [-0.4, -0.2) is 35.6 Å². The number of amides is 1. The lowest BCUT2D eigenvalue weighted by Crippen LogP contribution is -2.30. The van der Waals surface area contributed by atoms with Gasteiger partial charge in [-0.05, 0) is 52.4 Å². The summed E-state index contributed by atoms with van der Waals surface area (Å²) >= 11 is 5.74. The van der Waals surface area contributed by atoms with Gasteiger partial charge < -0.3 is 20.3 Å². The molecule has 0 aromatic heterocycles. The number of carbonyl (C=O) groups excluding carboxylic acids is 1. The summed E-state index contributed by atoms with van der Waals surface area (Å²) in [5, 5.41) is 22.8. The molecule has 2 unspecified atom stereocenters. The van der Waals surface area contributed by atoms with Crippen molar-refractivity contribution >= 4 is 17.7 Å². The molecule has 0 saturated carbocycles. The van der Waals surface area contributed by atoms with Crippen molar-refractivity contribution < 1.29 is 32.9 Å². The van der Waals surface area contributed by atoms with Crippen LogP contribution in [0.4, 0.5) is 18.0 Å². The summed E-state index contributed by atoms with van der Waals surface area (Å²) in [7, 11) is 0. The van der Waals surface area contributed by atoms with Crippen LogP contribution in [-0.2, 0) is 10.9 Å². The molecule has 0 radical (unpaired) electrons. The number of rotatable bonds is 7. The summed E-state index contributed by atoms with van der Waals surface area (Å²) in [5.74, 6) is -0.105. The summed E-state index contributed by atoms with van der Waals surface area (Å²) in [6, 6.07) is 18.5. The van der Waals surface area contributed by atoms with Gasteiger partial charge in [0.15, 0.2) is 0 Å². The molecule has 0 spiro atoms. The van der Waals surface area contributed by atoms with Crippen LogP contribution in [0.3, 0.4) is 0 Å². The summed E-state index contributed by atoms with van der Waals surface area (Å²) in [6.07, 6.45) is -8.49. The molecule has 0 fully saturated rings. The molecule has 3 aromatic rings. The minimum absolute atomic E-state index is 0.0540. The second-order valence-corrected chi connectivity index (χ2v) is 8.76. The first-order valence-electron chi connectivity index (χ1n) is 11.0. The molecule has 2 atom stereocenters. The van der Waals surface area contributed by atoms with Crippen molar-refractivity contribution in [3.8, 4) is 11.1 Å². The quantitative estimate of drug-likeness (QED) is 0.386. The third kappa shape index (κ3) is 5.61. The highest BCUT2D eigenvalue weighted by molar-refractivity contribution is 6.30. The van der Waals surface area contributed by atoms with E-state index < -0.39 is 30.0 Å². The number of aliphatic hydroxyl groups is 2. The molecule has 0 bridgehead atoms. The number of alkyl halides is 3. The van der Waals surface area contributed by atoms with E-state index in [-0.39, 0.29) is 36.1 Å². The number of fused-ring (bicyclic) bond motifs is 3. The SMILES string of the molecule is O=C(NCCC(O)C(O)c1cc(Cl)cc(C(F)(F)F)c1)OCC1c2ccccc2-c2ccccc21. The molecule has 0 saturated heterocycles. The number of benzene rings is 3. The van der Waals surface area contributed by atoms with Crippen LogP contribution in [0.2, 0.25) is 5.02 Å². The maximum absolute atomic E-state index is 13.0. The Kier molecular flexibility index (Phi) is 7.35. The van der Waals surface area contributed by atoms with Crippen molar-refractivity contribution in [2.75, 3.05) is 13.2 Å². The molecule has 3 aromatic carbocycles. The van der Waals surface area contributed by atoms with E-state index in [1.54, 1.807) is 0 Å². The van der Waals surface area contributed by atoms with Crippen molar-refractivity contribution in [2.24, 2.45) is 0 Å². The maximum Gasteiger partial charge on any atom is 0.416 e. The largest absolute Gasteiger partial charge is 0.449 e. The van der Waals surface area contributed by atoms with Crippen LogP contribution >= 0.6 is 11.6 Å². The van der Waals surface area contributed by atoms with Crippen LogP contribution in [0.5, 0.6) is 0 Å². The zero-order valence-corrected chi connectivity index (χ0v) is 19.2. The molecule has 3 N–H and O–H groups in total. The highest BCUT2D eigenvalue weighted by Crippen LogP contribution is 2.44. The standard InChI is InChI=1S/C26H23ClF3NO4/c27-17-12-15(11-16(13-17)26(28,29)30)24(33)23(32)9-10-31-25(34)35-14-22-20-7-3-1-5-18(20)19-6-2-4-8-21(19)22/h1-8,11-13,22-24,32-33H,9-10,14H2,(H,31,34). The van der Waals surface area contributed by atoms with Gasteiger partial charge in [-0.25, -0.2) is 4.79 Å². The van der Waals surface area contributed by atoms with Crippen molar-refractivity contribution in [1.82, 2.24) is 5.32 Å². The lowest BCUT2D eigenvalue weighted by Gasteiger charge is -2.20. The van der Waals surface area contributed by atoms with Gasteiger partial charge in [0.1, 0.15) is 12.7 Å². The Hall–Kier alpha value is -3.07. The fourth-order valence-corrected chi connectivity index (χ4v) is 4.54. The summed E-state index contributed by atoms with van der Waals surface area (Å²) in [4.78, 5) is 12.2. The fourth-order valence-electron chi connectivity index (χ4n) is 4.30. The molecule has 0 heterocycles. The van der Waals surface area contributed by atoms with E-state index in [4.69, 9.17) is 16.3 Å². The monoisotopic (exact) mass is 505 g/mol. The van der Waals surface area contributed by atoms with Gasteiger partial charge in [-0.1, -0.05) is 60.1 Å². The number of carbonyl (C=O) groups is 1. The normalized spacial score (nSPS) is 14.7. The van der Waals surface area contributed by atoms with Crippen LogP contribution in [0.1, 0.15) is 40.7 Å². The highest BCUT2D eigenvalue weighted by atomic mass is 35.5. The summed E-state index contributed by atoms with van der Waals surface area (Å²) in [5.41, 5.74) is 3.15. The van der Waals surface area contributed by atoms with E-state index in [0.29, 0.717) is 0 Å². The second kappa shape index (κ2) is 10.3. The van der Waals surface area contributed by atoms with Gasteiger partial charge in [-0.15, -0.1) is 0 Å². The highest BCUT2D eigenvalue weighted by Gasteiger charge is 2.32. The molecular formula is C26H23ClF3NO4. The molecule has 5 nitrogen and oxygen atoms in total. The van der Waals surface area contributed by atoms with Crippen molar-refractivity contribution in [3.05, 3.63) is 94.0 Å². The number of hydrogen-bond donors (Lipinski definition) is 3. The first-order valence-corrected chi connectivity index (χ1v) is 11.4. The molecule has 1 aliphatic carbocycles. The Labute approximate surface area is 205 Å². The van der Waals surface area contributed by atoms with Crippen molar-refractivity contribution in [3.63, 3.8) is 0 Å². The third-order valence-electron chi connectivity index (χ3n) is 6.01. The first-order chi connectivity index (χ1) is 16.6. The number of aliphatic hydroxyl groups excluding tert-OH is 2. The Morgan fingerprint density at radius 2 is 1.60 bits per heavy atom. The topological polar surface area (TPSA) is 78.8 Å². The fraction of sp³-hybridized carbons (Fsp3) is 0.269. The zero-order chi connectivity index (χ0) is 25.2. The molecule has 4 rings (SSSR count). The van der Waals surface area contributed by atoms with E-state index in [9.17, 15) is 28.2 Å². The average Bonchev–Trinajstić information content (AvgIpc) is 3.15. The van der Waals surface area contributed by atoms with Gasteiger partial charge in [0.25, 0.3) is 0 Å². The molecule has 184 valence electrons.